The maximum atomic E-state index is 12.1. The normalized spacial score (nSPS) is 16.7. The monoisotopic (exact) mass is 320 g/mol. The highest BCUT2D eigenvalue weighted by Crippen LogP contribution is 2.22. The molecule has 1 heterocycles. The van der Waals surface area contributed by atoms with Gasteiger partial charge in [-0.3, -0.25) is 4.79 Å². The summed E-state index contributed by atoms with van der Waals surface area (Å²) in [7, 11) is 1.34. The van der Waals surface area contributed by atoms with Crippen molar-refractivity contribution in [2.45, 2.75) is 31.9 Å². The van der Waals surface area contributed by atoms with E-state index in [1.54, 1.807) is 4.90 Å². The maximum Gasteiger partial charge on any atom is 0.410 e. The quantitative estimate of drug-likeness (QED) is 0.838. The number of esters is 1. The fourth-order valence-corrected chi connectivity index (χ4v) is 2.77. The molecule has 1 aliphatic rings. The molecule has 6 nitrogen and oxygen atoms in total. The van der Waals surface area contributed by atoms with Gasteiger partial charge in [0.05, 0.1) is 7.11 Å². The van der Waals surface area contributed by atoms with E-state index in [1.165, 1.54) is 7.11 Å². The van der Waals surface area contributed by atoms with E-state index in [-0.39, 0.29) is 18.7 Å². The summed E-state index contributed by atoms with van der Waals surface area (Å²) >= 11 is 0. The number of piperidine rings is 1. The first-order valence-electron chi connectivity index (χ1n) is 7.89. The number of benzene rings is 1. The molecule has 0 saturated carbocycles. The van der Waals surface area contributed by atoms with E-state index < -0.39 is 6.04 Å². The van der Waals surface area contributed by atoms with E-state index in [9.17, 15) is 9.59 Å². The molecule has 0 bridgehead atoms. The summed E-state index contributed by atoms with van der Waals surface area (Å²) in [6.07, 6.45) is 1.96. The van der Waals surface area contributed by atoms with Crippen molar-refractivity contribution >= 4 is 12.1 Å². The lowest BCUT2D eigenvalue weighted by atomic mass is 9.90. The van der Waals surface area contributed by atoms with Crippen LogP contribution in [-0.2, 0) is 20.9 Å². The van der Waals surface area contributed by atoms with Gasteiger partial charge in [-0.15, -0.1) is 0 Å². The summed E-state index contributed by atoms with van der Waals surface area (Å²) in [6, 6.07) is 9.02. The van der Waals surface area contributed by atoms with E-state index in [0.29, 0.717) is 25.4 Å². The number of hydrogen-bond acceptors (Lipinski definition) is 5. The Morgan fingerprint density at radius 1 is 1.26 bits per heavy atom. The molecule has 23 heavy (non-hydrogen) atoms. The number of hydrogen-bond donors (Lipinski definition) is 1. The summed E-state index contributed by atoms with van der Waals surface area (Å²) < 4.78 is 9.97. The standard InChI is InChI=1S/C17H24N2O4/c1-22-16(20)15(18)11-13-7-9-19(10-8-13)17(21)23-12-14-5-3-2-4-6-14/h2-6,13,15H,7-12,18H2,1H3. The minimum absolute atomic E-state index is 0.285. The van der Waals surface area contributed by atoms with Crippen molar-refractivity contribution in [3.63, 3.8) is 0 Å². The minimum atomic E-state index is -0.582. The lowest BCUT2D eigenvalue weighted by Gasteiger charge is -2.32. The van der Waals surface area contributed by atoms with Gasteiger partial charge in [0.2, 0.25) is 0 Å². The van der Waals surface area contributed by atoms with Gasteiger partial charge in [-0.25, -0.2) is 4.79 Å². The average Bonchev–Trinajstić information content (AvgIpc) is 2.60. The molecule has 0 aliphatic carbocycles. The smallest absolute Gasteiger partial charge is 0.410 e. The predicted molar refractivity (Wildman–Crippen MR) is 85.5 cm³/mol. The molecule has 6 heteroatoms. The second kappa shape index (κ2) is 8.53. The lowest BCUT2D eigenvalue weighted by molar-refractivity contribution is -0.142. The van der Waals surface area contributed by atoms with Crippen LogP contribution in [0.1, 0.15) is 24.8 Å². The second-order valence-electron chi connectivity index (χ2n) is 5.84. The molecule has 0 radical (unpaired) electrons. The molecule has 1 aromatic carbocycles. The molecule has 1 fully saturated rings. The van der Waals surface area contributed by atoms with Crippen LogP contribution in [0, 0.1) is 5.92 Å². The van der Waals surface area contributed by atoms with Crippen LogP contribution in [0.15, 0.2) is 30.3 Å². The minimum Gasteiger partial charge on any atom is -0.468 e. The van der Waals surface area contributed by atoms with Gasteiger partial charge in [0.15, 0.2) is 0 Å². The number of methoxy groups -OCH3 is 1. The number of amides is 1. The predicted octanol–water partition coefficient (Wildman–Crippen LogP) is 1.93. The van der Waals surface area contributed by atoms with E-state index in [2.05, 4.69) is 4.74 Å². The number of carbonyl (C=O) groups excluding carboxylic acids is 2. The topological polar surface area (TPSA) is 81.9 Å². The van der Waals surface area contributed by atoms with Crippen LogP contribution in [-0.4, -0.2) is 43.2 Å². The highest BCUT2D eigenvalue weighted by molar-refractivity contribution is 5.75. The summed E-state index contributed by atoms with van der Waals surface area (Å²) in [5.41, 5.74) is 6.76. The highest BCUT2D eigenvalue weighted by atomic mass is 16.6. The van der Waals surface area contributed by atoms with Gasteiger partial charge >= 0.3 is 12.1 Å². The number of nitrogens with two attached hydrogens (primary N) is 1. The first kappa shape index (κ1) is 17.3. The number of nitrogens with zero attached hydrogens (tertiary/aromatic N) is 1. The van der Waals surface area contributed by atoms with Gasteiger partial charge in [-0.2, -0.15) is 0 Å². The van der Waals surface area contributed by atoms with Crippen molar-refractivity contribution in [2.75, 3.05) is 20.2 Å². The Morgan fingerprint density at radius 2 is 1.91 bits per heavy atom. The van der Waals surface area contributed by atoms with Crippen LogP contribution in [0.2, 0.25) is 0 Å². The maximum absolute atomic E-state index is 12.1. The van der Waals surface area contributed by atoms with Crippen molar-refractivity contribution in [2.24, 2.45) is 11.7 Å². The lowest BCUT2D eigenvalue weighted by Crippen LogP contribution is -2.41. The Kier molecular flexibility index (Phi) is 6.40. The Morgan fingerprint density at radius 3 is 2.52 bits per heavy atom. The van der Waals surface area contributed by atoms with Gasteiger partial charge in [0.1, 0.15) is 12.6 Å². The highest BCUT2D eigenvalue weighted by Gasteiger charge is 2.27. The fraction of sp³-hybridized carbons (Fsp3) is 0.529. The number of carbonyl (C=O) groups is 2. The second-order valence-corrected chi connectivity index (χ2v) is 5.84. The number of likely N-dealkylation sites (tertiary alicyclic amines) is 1. The van der Waals surface area contributed by atoms with E-state index >= 15 is 0 Å². The zero-order chi connectivity index (χ0) is 16.7. The van der Waals surface area contributed by atoms with Crippen molar-refractivity contribution in [3.05, 3.63) is 35.9 Å². The van der Waals surface area contributed by atoms with Crippen LogP contribution in [0.25, 0.3) is 0 Å². The van der Waals surface area contributed by atoms with Crippen LogP contribution in [0.5, 0.6) is 0 Å². The van der Waals surface area contributed by atoms with Crippen LogP contribution in [0.4, 0.5) is 4.79 Å². The third-order valence-electron chi connectivity index (χ3n) is 4.17. The molecule has 1 unspecified atom stereocenters. The molecule has 1 atom stereocenters. The largest absolute Gasteiger partial charge is 0.468 e. The van der Waals surface area contributed by atoms with Crippen molar-refractivity contribution in [1.82, 2.24) is 4.90 Å². The number of ether oxygens (including phenoxy) is 2. The molecule has 0 aromatic heterocycles. The Hall–Kier alpha value is -2.08. The SMILES string of the molecule is COC(=O)C(N)CC1CCN(C(=O)OCc2ccccc2)CC1. The molecule has 2 rings (SSSR count). The van der Waals surface area contributed by atoms with E-state index in [1.807, 2.05) is 30.3 Å². The van der Waals surface area contributed by atoms with Crippen LogP contribution < -0.4 is 5.73 Å². The van der Waals surface area contributed by atoms with Gasteiger partial charge in [0.25, 0.3) is 0 Å². The molecule has 126 valence electrons. The summed E-state index contributed by atoms with van der Waals surface area (Å²) in [4.78, 5) is 25.1. The molecule has 1 amide bonds. The van der Waals surface area contributed by atoms with E-state index in [4.69, 9.17) is 10.5 Å². The first-order chi connectivity index (χ1) is 11.1. The zero-order valence-electron chi connectivity index (χ0n) is 13.4. The van der Waals surface area contributed by atoms with Crippen molar-refractivity contribution in [3.8, 4) is 0 Å². The Bertz CT molecular complexity index is 513. The summed E-state index contributed by atoms with van der Waals surface area (Å²) in [5, 5.41) is 0. The zero-order valence-corrected chi connectivity index (χ0v) is 13.4. The molecular weight excluding hydrogens is 296 g/mol. The average molecular weight is 320 g/mol. The molecule has 0 spiro atoms. The summed E-state index contributed by atoms with van der Waals surface area (Å²) in [6.45, 7) is 1.55. The molecule has 1 aliphatic heterocycles. The van der Waals surface area contributed by atoms with Gasteiger partial charge in [-0.1, -0.05) is 30.3 Å². The van der Waals surface area contributed by atoms with E-state index in [0.717, 1.165) is 18.4 Å². The van der Waals surface area contributed by atoms with Crippen molar-refractivity contribution < 1.29 is 19.1 Å². The Balaban J connectivity index is 1.71. The third-order valence-corrected chi connectivity index (χ3v) is 4.17. The van der Waals surface area contributed by atoms with Gasteiger partial charge in [0, 0.05) is 13.1 Å². The first-order valence-corrected chi connectivity index (χ1v) is 7.89. The Labute approximate surface area is 136 Å². The molecule has 1 aromatic rings. The number of rotatable bonds is 5. The van der Waals surface area contributed by atoms with Gasteiger partial charge < -0.3 is 20.1 Å². The fourth-order valence-electron chi connectivity index (χ4n) is 2.77. The van der Waals surface area contributed by atoms with Crippen molar-refractivity contribution in [1.29, 1.82) is 0 Å². The van der Waals surface area contributed by atoms with Crippen LogP contribution >= 0.6 is 0 Å². The summed E-state index contributed by atoms with van der Waals surface area (Å²) in [5.74, 6) is -0.0445. The molecular formula is C17H24N2O4. The van der Waals surface area contributed by atoms with Crippen LogP contribution in [0.3, 0.4) is 0 Å². The molecule has 2 N–H and O–H groups in total. The third kappa shape index (κ3) is 5.25. The molecule has 1 saturated heterocycles. The van der Waals surface area contributed by atoms with Gasteiger partial charge in [-0.05, 0) is 30.7 Å².